The molecular formula is C7H2ClF3INO3. The molecule has 0 saturated carbocycles. The lowest BCUT2D eigenvalue weighted by Gasteiger charge is -2.08. The van der Waals surface area contributed by atoms with Crippen molar-refractivity contribution in [3.63, 3.8) is 0 Å². The third-order valence-electron chi connectivity index (χ3n) is 1.42. The number of carbonyl (C=O) groups excluding carboxylic acids is 1. The molecule has 1 N–H and O–H groups in total. The molecule has 0 aliphatic rings. The van der Waals surface area contributed by atoms with Gasteiger partial charge in [-0.2, -0.15) is 0 Å². The maximum atomic E-state index is 11.9. The van der Waals surface area contributed by atoms with Crippen LogP contribution in [-0.2, 0) is 0 Å². The van der Waals surface area contributed by atoms with Crippen LogP contribution in [0.4, 0.5) is 13.2 Å². The predicted molar refractivity (Wildman–Crippen MR) is 56.6 cm³/mol. The summed E-state index contributed by atoms with van der Waals surface area (Å²) in [6.07, 6.45) is -4.30. The summed E-state index contributed by atoms with van der Waals surface area (Å²) in [5.74, 6) is -1.03. The highest BCUT2D eigenvalue weighted by Gasteiger charge is 2.33. The topological polar surface area (TPSA) is 59.2 Å². The third-order valence-corrected chi connectivity index (χ3v) is 2.46. The molecule has 88 valence electrons. The molecule has 1 aromatic rings. The Labute approximate surface area is 105 Å². The van der Waals surface area contributed by atoms with Crippen LogP contribution in [-0.4, -0.2) is 16.6 Å². The van der Waals surface area contributed by atoms with Crippen molar-refractivity contribution < 1.29 is 22.7 Å². The minimum Gasteiger partial charge on any atom is -0.400 e. The maximum Gasteiger partial charge on any atom is 0.573 e. The second kappa shape index (κ2) is 4.62. The van der Waals surface area contributed by atoms with E-state index in [1.54, 1.807) is 22.6 Å². The zero-order chi connectivity index (χ0) is 12.5. The summed E-state index contributed by atoms with van der Waals surface area (Å²) in [7, 11) is 0. The Hall–Kier alpha value is -0.770. The average Bonchev–Trinajstić information content (AvgIpc) is 2.07. The van der Waals surface area contributed by atoms with Crippen molar-refractivity contribution in [3.8, 4) is 5.75 Å². The van der Waals surface area contributed by atoms with Crippen LogP contribution < -0.4 is 10.2 Å². The largest absolute Gasteiger partial charge is 0.573 e. The van der Waals surface area contributed by atoms with E-state index in [0.717, 1.165) is 0 Å². The Balaban J connectivity index is 3.30. The Kier molecular flexibility index (Phi) is 3.84. The third kappa shape index (κ3) is 3.11. The molecular weight excluding hydrogens is 365 g/mol. The Bertz CT molecular complexity index is 485. The first kappa shape index (κ1) is 13.3. The van der Waals surface area contributed by atoms with Gasteiger partial charge in [0.25, 0.3) is 5.24 Å². The van der Waals surface area contributed by atoms with E-state index < -0.39 is 28.3 Å². The maximum absolute atomic E-state index is 11.9. The van der Waals surface area contributed by atoms with Gasteiger partial charge >= 0.3 is 6.36 Å². The number of hydrogen-bond acceptors (Lipinski definition) is 3. The van der Waals surface area contributed by atoms with E-state index in [-0.39, 0.29) is 3.70 Å². The molecule has 0 unspecified atom stereocenters. The number of nitrogens with one attached hydrogen (secondary N) is 1. The summed E-state index contributed by atoms with van der Waals surface area (Å²) >= 11 is 6.61. The number of rotatable bonds is 2. The molecule has 0 radical (unpaired) electrons. The van der Waals surface area contributed by atoms with Crippen molar-refractivity contribution >= 4 is 39.4 Å². The van der Waals surface area contributed by atoms with E-state index in [4.69, 9.17) is 11.6 Å². The highest BCUT2D eigenvalue weighted by atomic mass is 127. The van der Waals surface area contributed by atoms with E-state index in [1.165, 1.54) is 0 Å². The lowest BCUT2D eigenvalue weighted by Crippen LogP contribution is -2.25. The van der Waals surface area contributed by atoms with E-state index in [1.807, 2.05) is 0 Å². The van der Waals surface area contributed by atoms with Crippen LogP contribution in [0.1, 0.15) is 10.4 Å². The standard InChI is InChI=1S/C7H2ClF3INO3/c8-5(15)3-4(14)2(1-13-6(3)12)16-7(9,10)11/h1H,(H,13,14). The summed E-state index contributed by atoms with van der Waals surface area (Å²) in [6.45, 7) is 0. The van der Waals surface area contributed by atoms with Crippen molar-refractivity contribution in [1.29, 1.82) is 0 Å². The normalized spacial score (nSPS) is 11.3. The summed E-state index contributed by atoms with van der Waals surface area (Å²) in [6, 6.07) is 0. The smallest absolute Gasteiger partial charge is 0.400 e. The van der Waals surface area contributed by atoms with Crippen molar-refractivity contribution in [2.45, 2.75) is 6.36 Å². The fourth-order valence-electron chi connectivity index (χ4n) is 0.866. The van der Waals surface area contributed by atoms with Crippen LogP contribution >= 0.6 is 34.2 Å². The van der Waals surface area contributed by atoms with E-state index in [0.29, 0.717) is 6.20 Å². The zero-order valence-corrected chi connectivity index (χ0v) is 10.1. The van der Waals surface area contributed by atoms with Gasteiger partial charge in [0, 0.05) is 6.20 Å². The number of hydrogen-bond donors (Lipinski definition) is 1. The monoisotopic (exact) mass is 367 g/mol. The van der Waals surface area contributed by atoms with Crippen molar-refractivity contribution in [3.05, 3.63) is 25.7 Å². The molecule has 9 heteroatoms. The fraction of sp³-hybridized carbons (Fsp3) is 0.143. The van der Waals surface area contributed by atoms with Crippen LogP contribution in [0.5, 0.6) is 5.75 Å². The number of carbonyl (C=O) groups is 1. The number of aromatic amines is 1. The SMILES string of the molecule is O=C(Cl)c1c(I)[nH]cc(OC(F)(F)F)c1=O. The second-order valence-corrected chi connectivity index (χ2v) is 3.91. The highest BCUT2D eigenvalue weighted by Crippen LogP contribution is 2.20. The number of alkyl halides is 3. The Morgan fingerprint density at radius 3 is 2.50 bits per heavy atom. The molecule has 4 nitrogen and oxygen atoms in total. The second-order valence-electron chi connectivity index (χ2n) is 2.49. The van der Waals surface area contributed by atoms with Crippen LogP contribution in [0.15, 0.2) is 11.0 Å². The zero-order valence-electron chi connectivity index (χ0n) is 7.19. The van der Waals surface area contributed by atoms with Crippen molar-refractivity contribution in [2.24, 2.45) is 0 Å². The molecule has 0 saturated heterocycles. The van der Waals surface area contributed by atoms with Crippen LogP contribution in [0.25, 0.3) is 0 Å². The fourth-order valence-corrected chi connectivity index (χ4v) is 1.85. The minimum absolute atomic E-state index is 0.0390. The molecule has 0 spiro atoms. The van der Waals surface area contributed by atoms with Gasteiger partial charge in [-0.05, 0) is 34.2 Å². The van der Waals surface area contributed by atoms with Gasteiger partial charge < -0.3 is 9.72 Å². The van der Waals surface area contributed by atoms with Gasteiger partial charge in [0.1, 0.15) is 5.56 Å². The first-order chi connectivity index (χ1) is 7.22. The number of ether oxygens (including phenoxy) is 1. The van der Waals surface area contributed by atoms with E-state index in [2.05, 4.69) is 9.72 Å². The summed E-state index contributed by atoms with van der Waals surface area (Å²) in [5, 5.41) is -1.15. The van der Waals surface area contributed by atoms with E-state index in [9.17, 15) is 22.8 Å². The number of pyridine rings is 1. The highest BCUT2D eigenvalue weighted by molar-refractivity contribution is 14.1. The average molecular weight is 367 g/mol. The van der Waals surface area contributed by atoms with Gasteiger partial charge in [0.15, 0.2) is 5.75 Å². The van der Waals surface area contributed by atoms with Gasteiger partial charge in [0.2, 0.25) is 5.43 Å². The quantitative estimate of drug-likeness (QED) is 0.496. The Morgan fingerprint density at radius 1 is 1.50 bits per heavy atom. The van der Waals surface area contributed by atoms with Gasteiger partial charge in [-0.3, -0.25) is 9.59 Å². The molecule has 0 aliphatic heterocycles. The lowest BCUT2D eigenvalue weighted by atomic mass is 10.3. The minimum atomic E-state index is -5.01. The molecule has 0 atom stereocenters. The van der Waals surface area contributed by atoms with Crippen molar-refractivity contribution in [2.75, 3.05) is 0 Å². The molecule has 0 aromatic carbocycles. The van der Waals surface area contributed by atoms with Gasteiger partial charge in [-0.25, -0.2) is 0 Å². The van der Waals surface area contributed by atoms with Gasteiger partial charge in [-0.1, -0.05) is 0 Å². The van der Waals surface area contributed by atoms with Crippen LogP contribution in [0, 0.1) is 3.70 Å². The molecule has 1 aromatic heterocycles. The van der Waals surface area contributed by atoms with Crippen LogP contribution in [0.3, 0.4) is 0 Å². The van der Waals surface area contributed by atoms with Gasteiger partial charge in [0.05, 0.1) is 3.70 Å². The van der Waals surface area contributed by atoms with E-state index >= 15 is 0 Å². The molecule has 1 heterocycles. The molecule has 16 heavy (non-hydrogen) atoms. The van der Waals surface area contributed by atoms with Gasteiger partial charge in [-0.15, -0.1) is 13.2 Å². The molecule has 0 fully saturated rings. The summed E-state index contributed by atoms with van der Waals surface area (Å²) in [5.41, 5.74) is -1.79. The van der Waals surface area contributed by atoms with Crippen molar-refractivity contribution in [1.82, 2.24) is 4.98 Å². The summed E-state index contributed by atoms with van der Waals surface area (Å²) in [4.78, 5) is 24.4. The number of halogens is 5. The molecule has 0 aliphatic carbocycles. The first-order valence-electron chi connectivity index (χ1n) is 3.59. The number of H-pyrrole nitrogens is 1. The Morgan fingerprint density at radius 2 is 2.06 bits per heavy atom. The number of aromatic nitrogens is 1. The lowest BCUT2D eigenvalue weighted by molar-refractivity contribution is -0.275. The molecule has 1 rings (SSSR count). The molecule has 0 bridgehead atoms. The molecule has 0 amide bonds. The van der Waals surface area contributed by atoms with Crippen LogP contribution in [0.2, 0.25) is 0 Å². The first-order valence-corrected chi connectivity index (χ1v) is 5.05. The summed E-state index contributed by atoms with van der Waals surface area (Å²) < 4.78 is 39.0. The predicted octanol–water partition coefficient (Wildman–Crippen LogP) is 2.26.